The molecule has 5 nitrogen and oxygen atoms in total. The van der Waals surface area contributed by atoms with Crippen LogP contribution in [0, 0.1) is 6.92 Å². The number of aliphatic hydroxyl groups excluding tert-OH is 1. The largest absolute Gasteiger partial charge is 0.416 e. The van der Waals surface area contributed by atoms with Crippen LogP contribution in [-0.2, 0) is 22.6 Å². The van der Waals surface area contributed by atoms with Crippen molar-refractivity contribution in [2.45, 2.75) is 38.5 Å². The van der Waals surface area contributed by atoms with Gasteiger partial charge in [-0.15, -0.1) is 0 Å². The molecule has 0 aliphatic rings. The topological polar surface area (TPSA) is 65.5 Å². The first-order valence-electron chi connectivity index (χ1n) is 11.6. The van der Waals surface area contributed by atoms with Crippen molar-refractivity contribution in [3.63, 3.8) is 0 Å². The molecule has 1 amide bonds. The highest BCUT2D eigenvalue weighted by molar-refractivity contribution is 6.05. The van der Waals surface area contributed by atoms with Gasteiger partial charge >= 0.3 is 12.4 Å². The van der Waals surface area contributed by atoms with Gasteiger partial charge in [-0.3, -0.25) is 4.79 Å². The van der Waals surface area contributed by atoms with E-state index in [1.165, 1.54) is 32.0 Å². The first-order valence-corrected chi connectivity index (χ1v) is 11.6. The average Bonchev–Trinajstić information content (AvgIpc) is 2.85. The Hall–Kier alpha value is -3.60. The highest BCUT2D eigenvalue weighted by Gasteiger charge is 2.41. The van der Waals surface area contributed by atoms with E-state index in [0.717, 1.165) is 11.1 Å². The number of nitrogens with one attached hydrogen (secondary N) is 1. The highest BCUT2D eigenvalue weighted by Crippen LogP contribution is 2.42. The molecule has 2 aromatic carbocycles. The number of hydrogen-bond donors (Lipinski definition) is 2. The molecule has 0 saturated carbocycles. The molecule has 0 atom stereocenters. The minimum absolute atomic E-state index is 0.0298. The van der Waals surface area contributed by atoms with Gasteiger partial charge in [-0.1, -0.05) is 24.3 Å². The molecule has 3 aromatic rings. The number of halogens is 6. The Kier molecular flexibility index (Phi) is 8.11. The van der Waals surface area contributed by atoms with Gasteiger partial charge in [0, 0.05) is 25.4 Å². The zero-order valence-corrected chi connectivity index (χ0v) is 21.1. The molecule has 0 saturated heterocycles. The van der Waals surface area contributed by atoms with Crippen molar-refractivity contribution in [3.05, 3.63) is 77.0 Å². The van der Waals surface area contributed by atoms with E-state index < -0.39 is 40.4 Å². The third-order valence-electron chi connectivity index (χ3n) is 6.25. The summed E-state index contributed by atoms with van der Waals surface area (Å²) < 4.78 is 81.0. The number of aliphatic hydroxyl groups is 1. The van der Waals surface area contributed by atoms with Gasteiger partial charge in [0.15, 0.2) is 5.82 Å². The van der Waals surface area contributed by atoms with E-state index in [-0.39, 0.29) is 30.7 Å². The summed E-state index contributed by atoms with van der Waals surface area (Å²) in [5, 5.41) is 12.2. The Morgan fingerprint density at radius 1 is 0.921 bits per heavy atom. The van der Waals surface area contributed by atoms with Gasteiger partial charge in [0.2, 0.25) is 5.91 Å². The summed E-state index contributed by atoms with van der Waals surface area (Å²) in [5.41, 5.74) is -2.82. The van der Waals surface area contributed by atoms with Crippen LogP contribution in [0.15, 0.2) is 54.7 Å². The first-order chi connectivity index (χ1) is 17.6. The van der Waals surface area contributed by atoms with E-state index in [9.17, 15) is 36.2 Å². The minimum atomic E-state index is -5.05. The Labute approximate surface area is 216 Å². The SMILES string of the molecule is Cc1ccccc1-c1ccnc(NCCO)c1N(C)C(=O)C(C)(C)c1cc(C(F)(F)F)cc(C(F)(F)F)c1. The number of carbonyl (C=O) groups is 1. The number of benzene rings is 2. The number of nitrogens with zero attached hydrogens (tertiary/aromatic N) is 2. The zero-order chi connectivity index (χ0) is 28.5. The van der Waals surface area contributed by atoms with Crippen molar-refractivity contribution < 1.29 is 36.2 Å². The maximum absolute atomic E-state index is 13.8. The van der Waals surface area contributed by atoms with Crippen LogP contribution in [0.4, 0.5) is 37.8 Å². The predicted octanol–water partition coefficient (Wildman–Crippen LogP) is 6.44. The van der Waals surface area contributed by atoms with Crippen LogP contribution in [0.25, 0.3) is 11.1 Å². The number of aromatic nitrogens is 1. The average molecular weight is 540 g/mol. The standard InChI is InChI=1S/C27H27F6N3O2/c1-16-7-5-6-8-20(16)21-9-10-34-23(35-11-12-37)22(21)36(4)24(38)25(2,3)17-13-18(26(28,29)30)15-19(14-17)27(31,32)33/h5-10,13-15,37H,11-12H2,1-4H3,(H,34,35). The lowest BCUT2D eigenvalue weighted by molar-refractivity contribution is -0.143. The van der Waals surface area contributed by atoms with E-state index in [4.69, 9.17) is 0 Å². The van der Waals surface area contributed by atoms with Gasteiger partial charge in [-0.05, 0) is 61.7 Å². The second kappa shape index (κ2) is 10.6. The predicted molar refractivity (Wildman–Crippen MR) is 133 cm³/mol. The number of aryl methyl sites for hydroxylation is 1. The summed E-state index contributed by atoms with van der Waals surface area (Å²) in [7, 11) is 1.38. The second-order valence-electron chi connectivity index (χ2n) is 9.30. The quantitative estimate of drug-likeness (QED) is 0.339. The fourth-order valence-corrected chi connectivity index (χ4v) is 4.15. The van der Waals surface area contributed by atoms with Gasteiger partial charge in [0.25, 0.3) is 0 Å². The van der Waals surface area contributed by atoms with Gasteiger partial charge < -0.3 is 15.3 Å². The molecule has 1 aromatic heterocycles. The molecule has 3 rings (SSSR count). The third-order valence-corrected chi connectivity index (χ3v) is 6.25. The number of anilines is 2. The Balaban J connectivity index is 2.19. The van der Waals surface area contributed by atoms with Crippen LogP contribution >= 0.6 is 0 Å². The molecule has 0 fully saturated rings. The number of alkyl halides is 6. The van der Waals surface area contributed by atoms with Crippen LogP contribution in [-0.4, -0.2) is 36.2 Å². The van der Waals surface area contributed by atoms with Gasteiger partial charge in [-0.25, -0.2) is 4.98 Å². The maximum atomic E-state index is 13.8. The van der Waals surface area contributed by atoms with E-state index in [1.54, 1.807) is 12.1 Å². The van der Waals surface area contributed by atoms with Crippen molar-refractivity contribution in [1.29, 1.82) is 0 Å². The molecule has 1 heterocycles. The minimum Gasteiger partial charge on any atom is -0.395 e. The highest BCUT2D eigenvalue weighted by atomic mass is 19.4. The number of carbonyl (C=O) groups excluding carboxylic acids is 1. The molecule has 2 N–H and O–H groups in total. The summed E-state index contributed by atoms with van der Waals surface area (Å²) in [6.45, 7) is 4.24. The van der Waals surface area contributed by atoms with Crippen LogP contribution < -0.4 is 10.2 Å². The summed E-state index contributed by atoms with van der Waals surface area (Å²) in [6.07, 6.45) is -8.61. The maximum Gasteiger partial charge on any atom is 0.416 e. The fourth-order valence-electron chi connectivity index (χ4n) is 4.15. The van der Waals surface area contributed by atoms with E-state index in [0.29, 0.717) is 17.7 Å². The summed E-state index contributed by atoms with van der Waals surface area (Å²) in [5.74, 6) is -0.550. The number of likely N-dealkylation sites (N-methyl/N-ethyl adjacent to an activating group) is 1. The van der Waals surface area contributed by atoms with Crippen molar-refractivity contribution in [2.75, 3.05) is 30.4 Å². The Morgan fingerprint density at radius 3 is 2.00 bits per heavy atom. The van der Waals surface area contributed by atoms with E-state index in [2.05, 4.69) is 10.3 Å². The molecular formula is C27H27F6N3O2. The normalized spacial score (nSPS) is 12.4. The van der Waals surface area contributed by atoms with Gasteiger partial charge in [0.05, 0.1) is 28.8 Å². The molecular weight excluding hydrogens is 512 g/mol. The van der Waals surface area contributed by atoms with Gasteiger partial charge in [-0.2, -0.15) is 26.3 Å². The Morgan fingerprint density at radius 2 is 1.47 bits per heavy atom. The number of amides is 1. The van der Waals surface area contributed by atoms with Crippen molar-refractivity contribution in [3.8, 4) is 11.1 Å². The number of hydrogen-bond acceptors (Lipinski definition) is 4. The van der Waals surface area contributed by atoms with Crippen molar-refractivity contribution in [1.82, 2.24) is 4.98 Å². The van der Waals surface area contributed by atoms with Crippen LogP contribution in [0.2, 0.25) is 0 Å². The lowest BCUT2D eigenvalue weighted by atomic mass is 9.81. The van der Waals surface area contributed by atoms with Crippen LogP contribution in [0.3, 0.4) is 0 Å². The summed E-state index contributed by atoms with van der Waals surface area (Å²) in [4.78, 5) is 19.3. The van der Waals surface area contributed by atoms with Gasteiger partial charge in [0.1, 0.15) is 0 Å². The van der Waals surface area contributed by atoms with E-state index >= 15 is 0 Å². The van der Waals surface area contributed by atoms with E-state index in [1.807, 2.05) is 25.1 Å². The molecule has 0 unspecified atom stereocenters. The summed E-state index contributed by atoms with van der Waals surface area (Å²) in [6, 6.07) is 10.1. The van der Waals surface area contributed by atoms with Crippen LogP contribution in [0.5, 0.6) is 0 Å². The molecule has 38 heavy (non-hydrogen) atoms. The molecule has 204 valence electrons. The molecule has 0 radical (unpaired) electrons. The number of pyridine rings is 1. The second-order valence-corrected chi connectivity index (χ2v) is 9.30. The third kappa shape index (κ3) is 5.93. The molecule has 0 bridgehead atoms. The first kappa shape index (κ1) is 29.0. The molecule has 11 heteroatoms. The smallest absolute Gasteiger partial charge is 0.395 e. The van der Waals surface area contributed by atoms with Crippen molar-refractivity contribution in [2.24, 2.45) is 0 Å². The Bertz CT molecular complexity index is 1290. The summed E-state index contributed by atoms with van der Waals surface area (Å²) >= 11 is 0. The van der Waals surface area contributed by atoms with Crippen LogP contribution in [0.1, 0.15) is 36.1 Å². The number of rotatable bonds is 7. The monoisotopic (exact) mass is 539 g/mol. The lowest BCUT2D eigenvalue weighted by Gasteiger charge is -2.33. The molecule has 0 aliphatic carbocycles. The zero-order valence-electron chi connectivity index (χ0n) is 21.1. The lowest BCUT2D eigenvalue weighted by Crippen LogP contribution is -2.42. The molecule has 0 aliphatic heterocycles. The van der Waals surface area contributed by atoms with Crippen molar-refractivity contribution >= 4 is 17.4 Å². The molecule has 0 spiro atoms. The fraction of sp³-hybridized carbons (Fsp3) is 0.333.